The van der Waals surface area contributed by atoms with E-state index in [2.05, 4.69) is 21.5 Å². The predicted molar refractivity (Wildman–Crippen MR) is 85.0 cm³/mol. The third-order valence-electron chi connectivity index (χ3n) is 3.61. The lowest BCUT2D eigenvalue weighted by atomic mass is 10.1. The largest absolute Gasteiger partial charge is 0.497 e. The third kappa shape index (κ3) is 2.88. The molecule has 5 heteroatoms. The van der Waals surface area contributed by atoms with E-state index >= 15 is 0 Å². The van der Waals surface area contributed by atoms with Crippen molar-refractivity contribution < 1.29 is 9.57 Å². The summed E-state index contributed by atoms with van der Waals surface area (Å²) >= 11 is 1.84. The molecule has 3 rings (SSSR count). The molecule has 1 aliphatic heterocycles. The molecule has 0 spiro atoms. The molecule has 0 amide bonds. The van der Waals surface area contributed by atoms with E-state index < -0.39 is 0 Å². The fraction of sp³-hybridized carbons (Fsp3) is 0.312. The minimum atomic E-state index is 0.824. The Bertz CT molecular complexity index is 651. The van der Waals surface area contributed by atoms with E-state index in [-0.39, 0.29) is 0 Å². The van der Waals surface area contributed by atoms with Crippen molar-refractivity contribution in [2.24, 2.45) is 5.16 Å². The number of ether oxygens (including phenoxy) is 1. The third-order valence-corrected chi connectivity index (χ3v) is 4.64. The molecule has 0 bridgehead atoms. The van der Waals surface area contributed by atoms with Gasteiger partial charge in [0.15, 0.2) is 5.84 Å². The van der Waals surface area contributed by atoms with Crippen molar-refractivity contribution in [3.8, 4) is 5.75 Å². The molecule has 0 aliphatic carbocycles. The van der Waals surface area contributed by atoms with Gasteiger partial charge >= 0.3 is 0 Å². The molecule has 0 fully saturated rings. The van der Waals surface area contributed by atoms with Crippen molar-refractivity contribution in [2.45, 2.75) is 13.0 Å². The summed E-state index contributed by atoms with van der Waals surface area (Å²) in [6, 6.07) is 10.1. The molecule has 110 valence electrons. The van der Waals surface area contributed by atoms with Crippen molar-refractivity contribution in [1.82, 2.24) is 4.90 Å². The lowest BCUT2D eigenvalue weighted by Crippen LogP contribution is -2.36. The van der Waals surface area contributed by atoms with Gasteiger partial charge in [-0.25, -0.2) is 0 Å². The number of thiophene rings is 1. The van der Waals surface area contributed by atoms with Crippen LogP contribution in [0, 0.1) is 0 Å². The Kier molecular flexibility index (Phi) is 4.10. The number of methoxy groups -OCH3 is 1. The lowest BCUT2D eigenvalue weighted by molar-refractivity contribution is 0.204. The number of rotatable bonds is 3. The highest BCUT2D eigenvalue weighted by atomic mass is 32.1. The number of nitrogens with zero attached hydrogens (tertiary/aromatic N) is 2. The Morgan fingerprint density at radius 2 is 2.19 bits per heavy atom. The van der Waals surface area contributed by atoms with Crippen LogP contribution in [0.4, 0.5) is 0 Å². The standard InChI is InChI=1S/C16H18N2O2S/c1-19-14-5-3-4-12(10-14)16(17-20-2)18-8-6-15-13(11-18)7-9-21-15/h3-5,7,9-10H,6,8,11H2,1-2H3/b17-16-. The molecule has 0 radical (unpaired) electrons. The zero-order valence-corrected chi connectivity index (χ0v) is 13.0. The number of hydrogen-bond acceptors (Lipinski definition) is 4. The second-order valence-electron chi connectivity index (χ2n) is 4.87. The van der Waals surface area contributed by atoms with E-state index in [1.165, 1.54) is 10.4 Å². The quantitative estimate of drug-likeness (QED) is 0.496. The summed E-state index contributed by atoms with van der Waals surface area (Å²) in [7, 11) is 3.25. The van der Waals surface area contributed by atoms with Gasteiger partial charge in [-0.2, -0.15) is 0 Å². The molecule has 0 N–H and O–H groups in total. The normalized spacial score (nSPS) is 14.8. The summed E-state index contributed by atoms with van der Waals surface area (Å²) in [5.74, 6) is 1.68. The fourth-order valence-electron chi connectivity index (χ4n) is 2.57. The molecule has 1 aliphatic rings. The topological polar surface area (TPSA) is 34.1 Å². The van der Waals surface area contributed by atoms with Crippen molar-refractivity contribution in [3.63, 3.8) is 0 Å². The first-order valence-electron chi connectivity index (χ1n) is 6.87. The Hall–Kier alpha value is -2.01. The Labute approximate surface area is 128 Å². The summed E-state index contributed by atoms with van der Waals surface area (Å²) in [6.45, 7) is 1.82. The molecular formula is C16H18N2O2S. The highest BCUT2D eigenvalue weighted by molar-refractivity contribution is 7.10. The van der Waals surface area contributed by atoms with E-state index in [1.807, 2.05) is 35.6 Å². The maximum atomic E-state index is 5.30. The van der Waals surface area contributed by atoms with Crippen LogP contribution in [-0.4, -0.2) is 31.5 Å². The summed E-state index contributed by atoms with van der Waals surface area (Å²) in [5.41, 5.74) is 2.40. The van der Waals surface area contributed by atoms with E-state index in [0.29, 0.717) is 0 Å². The van der Waals surface area contributed by atoms with Gasteiger partial charge in [0, 0.05) is 23.5 Å². The van der Waals surface area contributed by atoms with Gasteiger partial charge < -0.3 is 14.5 Å². The second-order valence-corrected chi connectivity index (χ2v) is 5.87. The maximum absolute atomic E-state index is 5.30. The highest BCUT2D eigenvalue weighted by Crippen LogP contribution is 2.26. The predicted octanol–water partition coefficient (Wildman–Crippen LogP) is 3.12. The molecule has 0 unspecified atom stereocenters. The molecular weight excluding hydrogens is 284 g/mol. The minimum absolute atomic E-state index is 0.824. The van der Waals surface area contributed by atoms with Gasteiger partial charge in [0.1, 0.15) is 12.9 Å². The van der Waals surface area contributed by atoms with Crippen LogP contribution in [0.15, 0.2) is 40.9 Å². The maximum Gasteiger partial charge on any atom is 0.175 e. The zero-order valence-electron chi connectivity index (χ0n) is 12.2. The van der Waals surface area contributed by atoms with Crippen LogP contribution in [-0.2, 0) is 17.8 Å². The molecule has 4 nitrogen and oxygen atoms in total. The Balaban J connectivity index is 1.90. The van der Waals surface area contributed by atoms with Crippen LogP contribution in [0.3, 0.4) is 0 Å². The molecule has 0 saturated heterocycles. The Morgan fingerprint density at radius 1 is 1.29 bits per heavy atom. The molecule has 0 atom stereocenters. The van der Waals surface area contributed by atoms with Gasteiger partial charge in [0.05, 0.1) is 7.11 Å². The van der Waals surface area contributed by atoms with Crippen molar-refractivity contribution in [2.75, 3.05) is 20.8 Å². The van der Waals surface area contributed by atoms with E-state index in [9.17, 15) is 0 Å². The van der Waals surface area contributed by atoms with E-state index in [0.717, 1.165) is 36.7 Å². The van der Waals surface area contributed by atoms with Gasteiger partial charge in [-0.15, -0.1) is 11.3 Å². The molecule has 21 heavy (non-hydrogen) atoms. The smallest absolute Gasteiger partial charge is 0.175 e. The van der Waals surface area contributed by atoms with Gasteiger partial charge in [0.25, 0.3) is 0 Å². The molecule has 2 heterocycles. The van der Waals surface area contributed by atoms with Crippen LogP contribution >= 0.6 is 11.3 Å². The number of fused-ring (bicyclic) bond motifs is 1. The zero-order chi connectivity index (χ0) is 14.7. The summed E-state index contributed by atoms with van der Waals surface area (Å²) in [6.07, 6.45) is 1.06. The first-order chi connectivity index (χ1) is 10.3. The molecule has 1 aromatic heterocycles. The average Bonchev–Trinajstić information content (AvgIpc) is 3.00. The van der Waals surface area contributed by atoms with Gasteiger partial charge in [-0.3, -0.25) is 0 Å². The fourth-order valence-corrected chi connectivity index (χ4v) is 3.46. The van der Waals surface area contributed by atoms with E-state index in [4.69, 9.17) is 9.57 Å². The first kappa shape index (κ1) is 13.9. The SMILES string of the molecule is CO/N=C(/c1cccc(OC)c1)N1CCc2sccc2C1. The number of hydrogen-bond donors (Lipinski definition) is 0. The van der Waals surface area contributed by atoms with Gasteiger partial charge in [-0.1, -0.05) is 17.3 Å². The van der Waals surface area contributed by atoms with Crippen LogP contribution < -0.4 is 4.74 Å². The second kappa shape index (κ2) is 6.18. The van der Waals surface area contributed by atoms with Crippen LogP contribution in [0.1, 0.15) is 16.0 Å². The number of oxime groups is 1. The lowest BCUT2D eigenvalue weighted by Gasteiger charge is -2.29. The summed E-state index contributed by atoms with van der Waals surface area (Å²) in [5, 5.41) is 6.40. The first-order valence-corrected chi connectivity index (χ1v) is 7.75. The summed E-state index contributed by atoms with van der Waals surface area (Å²) < 4.78 is 5.30. The van der Waals surface area contributed by atoms with Crippen LogP contribution in [0.2, 0.25) is 0 Å². The number of benzene rings is 1. The van der Waals surface area contributed by atoms with Crippen LogP contribution in [0.25, 0.3) is 0 Å². The molecule has 0 saturated carbocycles. The average molecular weight is 302 g/mol. The van der Waals surface area contributed by atoms with Crippen molar-refractivity contribution >= 4 is 17.2 Å². The highest BCUT2D eigenvalue weighted by Gasteiger charge is 2.22. The summed E-state index contributed by atoms with van der Waals surface area (Å²) in [4.78, 5) is 8.80. The minimum Gasteiger partial charge on any atom is -0.497 e. The van der Waals surface area contributed by atoms with Crippen molar-refractivity contribution in [1.29, 1.82) is 0 Å². The van der Waals surface area contributed by atoms with Gasteiger partial charge in [0.2, 0.25) is 0 Å². The molecule has 2 aromatic rings. The molecule has 1 aromatic carbocycles. The van der Waals surface area contributed by atoms with Crippen LogP contribution in [0.5, 0.6) is 5.75 Å². The monoisotopic (exact) mass is 302 g/mol. The Morgan fingerprint density at radius 3 is 3.00 bits per heavy atom. The van der Waals surface area contributed by atoms with Crippen molar-refractivity contribution in [3.05, 3.63) is 51.7 Å². The van der Waals surface area contributed by atoms with E-state index in [1.54, 1.807) is 14.2 Å². The number of amidine groups is 1. The van der Waals surface area contributed by atoms with Gasteiger partial charge in [-0.05, 0) is 35.6 Å².